The number of sulfonamides is 1. The SMILES string of the molecule is Cc1cc(C)nc(NS(=O)(=O)c2c(Cl)cccc2Cl)n1. The van der Waals surface area contributed by atoms with E-state index in [1.807, 2.05) is 0 Å². The summed E-state index contributed by atoms with van der Waals surface area (Å²) in [7, 11) is -3.95. The van der Waals surface area contributed by atoms with Crippen LogP contribution in [0, 0.1) is 13.8 Å². The second-order valence-corrected chi connectivity index (χ2v) is 6.56. The molecule has 2 rings (SSSR count). The Hall–Kier alpha value is -1.37. The number of benzene rings is 1. The van der Waals surface area contributed by atoms with Gasteiger partial charge in [-0.25, -0.2) is 23.1 Å². The summed E-state index contributed by atoms with van der Waals surface area (Å²) in [4.78, 5) is 7.84. The Bertz CT molecular complexity index is 723. The average Bonchev–Trinajstić information content (AvgIpc) is 2.25. The van der Waals surface area contributed by atoms with Crippen molar-refractivity contribution in [3.8, 4) is 0 Å². The van der Waals surface area contributed by atoms with Crippen molar-refractivity contribution in [2.24, 2.45) is 0 Å². The molecule has 106 valence electrons. The Kier molecular flexibility index (Phi) is 4.17. The van der Waals surface area contributed by atoms with Crippen LogP contribution in [0.1, 0.15) is 11.4 Å². The van der Waals surface area contributed by atoms with Crippen molar-refractivity contribution in [3.63, 3.8) is 0 Å². The van der Waals surface area contributed by atoms with Gasteiger partial charge in [0, 0.05) is 11.4 Å². The molecular formula is C12H11Cl2N3O2S. The third-order valence-electron chi connectivity index (χ3n) is 2.40. The molecule has 1 N–H and O–H groups in total. The van der Waals surface area contributed by atoms with Crippen molar-refractivity contribution in [2.45, 2.75) is 18.7 Å². The molecule has 0 spiro atoms. The molecule has 0 unspecified atom stereocenters. The molecule has 0 saturated heterocycles. The summed E-state index contributed by atoms with van der Waals surface area (Å²) >= 11 is 11.8. The number of halogens is 2. The highest BCUT2D eigenvalue weighted by Gasteiger charge is 2.22. The lowest BCUT2D eigenvalue weighted by Crippen LogP contribution is -2.16. The van der Waals surface area contributed by atoms with Crippen molar-refractivity contribution in [3.05, 3.63) is 45.7 Å². The van der Waals surface area contributed by atoms with Crippen LogP contribution in [0.5, 0.6) is 0 Å². The molecule has 1 heterocycles. The van der Waals surface area contributed by atoms with Crippen LogP contribution in [0.15, 0.2) is 29.2 Å². The normalized spacial score (nSPS) is 11.4. The molecule has 0 aliphatic heterocycles. The Morgan fingerprint density at radius 3 is 2.05 bits per heavy atom. The van der Waals surface area contributed by atoms with Crippen LogP contribution < -0.4 is 4.72 Å². The smallest absolute Gasteiger partial charge is 0.247 e. The highest BCUT2D eigenvalue weighted by Crippen LogP contribution is 2.29. The molecule has 0 aliphatic rings. The van der Waals surface area contributed by atoms with Gasteiger partial charge in [0.15, 0.2) is 0 Å². The summed E-state index contributed by atoms with van der Waals surface area (Å²) in [5.41, 5.74) is 1.31. The number of hydrogen-bond donors (Lipinski definition) is 1. The van der Waals surface area contributed by atoms with Crippen LogP contribution in [0.2, 0.25) is 10.0 Å². The van der Waals surface area contributed by atoms with E-state index in [2.05, 4.69) is 14.7 Å². The van der Waals surface area contributed by atoms with Crippen molar-refractivity contribution >= 4 is 39.2 Å². The molecule has 20 heavy (non-hydrogen) atoms. The molecule has 2 aromatic rings. The van der Waals surface area contributed by atoms with Gasteiger partial charge in [-0.15, -0.1) is 0 Å². The largest absolute Gasteiger partial charge is 0.267 e. The maximum Gasteiger partial charge on any atom is 0.267 e. The number of hydrogen-bond acceptors (Lipinski definition) is 4. The van der Waals surface area contributed by atoms with E-state index >= 15 is 0 Å². The van der Waals surface area contributed by atoms with E-state index in [1.165, 1.54) is 12.1 Å². The van der Waals surface area contributed by atoms with E-state index in [0.717, 1.165) is 0 Å². The zero-order valence-electron chi connectivity index (χ0n) is 10.7. The summed E-state index contributed by atoms with van der Waals surface area (Å²) in [6, 6.07) is 6.20. The maximum absolute atomic E-state index is 12.3. The lowest BCUT2D eigenvalue weighted by Gasteiger charge is -2.10. The molecule has 1 aromatic heterocycles. The number of rotatable bonds is 3. The fourth-order valence-corrected chi connectivity index (χ4v) is 3.77. The molecule has 0 aliphatic carbocycles. The Labute approximate surface area is 127 Å². The van der Waals surface area contributed by atoms with E-state index in [9.17, 15) is 8.42 Å². The molecule has 0 radical (unpaired) electrons. The summed E-state index contributed by atoms with van der Waals surface area (Å²) < 4.78 is 26.9. The summed E-state index contributed by atoms with van der Waals surface area (Å²) in [6.07, 6.45) is 0. The van der Waals surface area contributed by atoms with Crippen LogP contribution in [-0.2, 0) is 10.0 Å². The molecule has 8 heteroatoms. The predicted octanol–water partition coefficient (Wildman–Crippen LogP) is 3.20. The number of anilines is 1. The molecule has 0 fully saturated rings. The van der Waals surface area contributed by atoms with Gasteiger partial charge >= 0.3 is 0 Å². The minimum absolute atomic E-state index is 0.0153. The summed E-state index contributed by atoms with van der Waals surface area (Å²) in [5, 5.41) is 0.0729. The van der Waals surface area contributed by atoms with E-state index in [1.54, 1.807) is 26.0 Å². The Morgan fingerprint density at radius 1 is 1.05 bits per heavy atom. The van der Waals surface area contributed by atoms with E-state index in [-0.39, 0.29) is 20.9 Å². The maximum atomic E-state index is 12.3. The number of nitrogens with one attached hydrogen (secondary N) is 1. The first-order valence-electron chi connectivity index (χ1n) is 5.59. The molecule has 0 bridgehead atoms. The minimum Gasteiger partial charge on any atom is -0.247 e. The van der Waals surface area contributed by atoms with Gasteiger partial charge in [-0.2, -0.15) is 0 Å². The molecule has 1 aromatic carbocycles. The zero-order chi connectivity index (χ0) is 14.9. The van der Waals surface area contributed by atoms with E-state index in [4.69, 9.17) is 23.2 Å². The highest BCUT2D eigenvalue weighted by molar-refractivity contribution is 7.93. The second-order valence-electron chi connectivity index (χ2n) is 4.13. The third-order valence-corrected chi connectivity index (χ3v) is 4.68. The fourth-order valence-electron chi connectivity index (χ4n) is 1.68. The van der Waals surface area contributed by atoms with E-state index < -0.39 is 10.0 Å². The first-order chi connectivity index (χ1) is 9.29. The van der Waals surface area contributed by atoms with Gasteiger partial charge in [0.25, 0.3) is 10.0 Å². The van der Waals surface area contributed by atoms with Gasteiger partial charge in [-0.05, 0) is 32.0 Å². The summed E-state index contributed by atoms with van der Waals surface area (Å²) in [5.74, 6) is -0.0153. The molecule has 5 nitrogen and oxygen atoms in total. The van der Waals surface area contributed by atoms with Crippen molar-refractivity contribution in [2.75, 3.05) is 4.72 Å². The highest BCUT2D eigenvalue weighted by atomic mass is 35.5. The Morgan fingerprint density at radius 2 is 1.55 bits per heavy atom. The first-order valence-corrected chi connectivity index (χ1v) is 7.82. The van der Waals surface area contributed by atoms with Crippen molar-refractivity contribution in [1.29, 1.82) is 0 Å². The van der Waals surface area contributed by atoms with Crippen molar-refractivity contribution < 1.29 is 8.42 Å². The molecule has 0 saturated carbocycles. The number of aryl methyl sites for hydroxylation is 2. The quantitative estimate of drug-likeness (QED) is 0.937. The zero-order valence-corrected chi connectivity index (χ0v) is 13.0. The first kappa shape index (κ1) is 15.0. The van der Waals surface area contributed by atoms with Gasteiger partial charge in [0.05, 0.1) is 10.0 Å². The number of nitrogens with zero attached hydrogens (tertiary/aromatic N) is 2. The molecule has 0 atom stereocenters. The average molecular weight is 332 g/mol. The fraction of sp³-hybridized carbons (Fsp3) is 0.167. The molecule has 0 amide bonds. The standard InChI is InChI=1S/C12H11Cl2N3O2S/c1-7-6-8(2)16-12(15-7)17-20(18,19)11-9(13)4-3-5-10(11)14/h3-6H,1-2H3,(H,15,16,17). The third kappa shape index (κ3) is 3.20. The Balaban J connectivity index is 2.46. The topological polar surface area (TPSA) is 72.0 Å². The van der Waals surface area contributed by atoms with Crippen LogP contribution in [0.4, 0.5) is 5.95 Å². The summed E-state index contributed by atoms with van der Waals surface area (Å²) in [6.45, 7) is 3.49. The minimum atomic E-state index is -3.95. The predicted molar refractivity (Wildman–Crippen MR) is 78.8 cm³/mol. The number of aromatic nitrogens is 2. The van der Waals surface area contributed by atoms with E-state index in [0.29, 0.717) is 11.4 Å². The van der Waals surface area contributed by atoms with Gasteiger partial charge in [-0.1, -0.05) is 29.3 Å². The van der Waals surface area contributed by atoms with Crippen LogP contribution >= 0.6 is 23.2 Å². The van der Waals surface area contributed by atoms with Gasteiger partial charge in [-0.3, -0.25) is 0 Å². The van der Waals surface area contributed by atoms with Crippen LogP contribution in [-0.4, -0.2) is 18.4 Å². The van der Waals surface area contributed by atoms with Gasteiger partial charge < -0.3 is 0 Å². The monoisotopic (exact) mass is 331 g/mol. The van der Waals surface area contributed by atoms with Gasteiger partial charge in [0.1, 0.15) is 4.90 Å². The lowest BCUT2D eigenvalue weighted by molar-refractivity contribution is 0.601. The van der Waals surface area contributed by atoms with Crippen LogP contribution in [0.3, 0.4) is 0 Å². The van der Waals surface area contributed by atoms with Crippen LogP contribution in [0.25, 0.3) is 0 Å². The van der Waals surface area contributed by atoms with Crippen molar-refractivity contribution in [1.82, 2.24) is 9.97 Å². The molecular weight excluding hydrogens is 321 g/mol. The lowest BCUT2D eigenvalue weighted by atomic mass is 10.4. The second kappa shape index (κ2) is 5.55. The van der Waals surface area contributed by atoms with Gasteiger partial charge in [0.2, 0.25) is 5.95 Å².